The molecule has 1 atom stereocenters. The minimum absolute atomic E-state index is 0.117. The van der Waals surface area contributed by atoms with Gasteiger partial charge in [0.1, 0.15) is 13.2 Å². The van der Waals surface area contributed by atoms with Crippen LogP contribution in [0.25, 0.3) is 0 Å². The number of hydrogen-bond donors (Lipinski definition) is 0. The van der Waals surface area contributed by atoms with Crippen LogP contribution in [0.3, 0.4) is 0 Å². The first kappa shape index (κ1) is 63.1. The van der Waals surface area contributed by atoms with Crippen molar-refractivity contribution in [2.75, 3.05) is 13.2 Å². The molecule has 0 bridgehead atoms. The predicted molar refractivity (Wildman–Crippen MR) is 288 cm³/mol. The maximum absolute atomic E-state index is 12.8. The van der Waals surface area contributed by atoms with Crippen molar-refractivity contribution in [1.29, 1.82) is 0 Å². The average molecular weight is 929 g/mol. The maximum atomic E-state index is 12.8. The van der Waals surface area contributed by atoms with E-state index in [1.54, 1.807) is 0 Å². The number of allylic oxidation sites excluding steroid dienone is 18. The predicted octanol–water partition coefficient (Wildman–Crippen LogP) is 18.3. The fourth-order valence-electron chi connectivity index (χ4n) is 7.21. The Morgan fingerprint density at radius 1 is 0.313 bits per heavy atom. The molecule has 380 valence electrons. The van der Waals surface area contributed by atoms with Gasteiger partial charge in [0.15, 0.2) is 6.10 Å². The fourth-order valence-corrected chi connectivity index (χ4v) is 7.21. The zero-order valence-electron chi connectivity index (χ0n) is 43.4. The summed E-state index contributed by atoms with van der Waals surface area (Å²) in [6, 6.07) is 0. The largest absolute Gasteiger partial charge is 0.462 e. The molecule has 0 aliphatic heterocycles. The third-order valence-electron chi connectivity index (χ3n) is 11.3. The third kappa shape index (κ3) is 52.9. The molecule has 0 rings (SSSR count). The van der Waals surface area contributed by atoms with E-state index in [1.165, 1.54) is 83.5 Å². The lowest BCUT2D eigenvalue weighted by molar-refractivity contribution is -0.166. The quantitative estimate of drug-likeness (QED) is 0.0262. The van der Waals surface area contributed by atoms with Gasteiger partial charge in [0.25, 0.3) is 0 Å². The Morgan fingerprint density at radius 2 is 0.612 bits per heavy atom. The highest BCUT2D eigenvalue weighted by Gasteiger charge is 2.19. The van der Waals surface area contributed by atoms with Gasteiger partial charge in [-0.15, -0.1) is 0 Å². The molecule has 0 aliphatic rings. The summed E-state index contributed by atoms with van der Waals surface area (Å²) in [6.45, 7) is 6.33. The van der Waals surface area contributed by atoms with Crippen LogP contribution in [0, 0.1) is 0 Å². The van der Waals surface area contributed by atoms with E-state index in [2.05, 4.69) is 118 Å². The number of carbonyl (C=O) groups is 3. The van der Waals surface area contributed by atoms with Crippen LogP contribution in [-0.4, -0.2) is 37.2 Å². The van der Waals surface area contributed by atoms with Gasteiger partial charge in [-0.05, 0) is 109 Å². The molecule has 6 heteroatoms. The van der Waals surface area contributed by atoms with Gasteiger partial charge in [0.05, 0.1) is 0 Å². The van der Waals surface area contributed by atoms with Crippen LogP contribution in [0.4, 0.5) is 0 Å². The molecule has 0 aromatic heterocycles. The first-order chi connectivity index (χ1) is 33.0. The fraction of sp³-hybridized carbons (Fsp3) is 0.656. The van der Waals surface area contributed by atoms with Gasteiger partial charge in [0, 0.05) is 19.3 Å². The molecule has 0 fully saturated rings. The Hall–Kier alpha value is -3.93. The van der Waals surface area contributed by atoms with Gasteiger partial charge in [-0.3, -0.25) is 14.4 Å². The van der Waals surface area contributed by atoms with E-state index in [0.717, 1.165) is 109 Å². The van der Waals surface area contributed by atoms with Gasteiger partial charge in [-0.1, -0.05) is 220 Å². The van der Waals surface area contributed by atoms with Crippen molar-refractivity contribution >= 4 is 17.9 Å². The Balaban J connectivity index is 4.50. The molecule has 0 radical (unpaired) electrons. The Kier molecular flexibility index (Phi) is 51.5. The highest BCUT2D eigenvalue weighted by Crippen LogP contribution is 2.14. The van der Waals surface area contributed by atoms with E-state index in [4.69, 9.17) is 14.2 Å². The summed E-state index contributed by atoms with van der Waals surface area (Å²) < 4.78 is 16.7. The molecular formula is C61H100O6. The molecule has 0 aromatic rings. The summed E-state index contributed by atoms with van der Waals surface area (Å²) in [4.78, 5) is 38.0. The molecule has 0 spiro atoms. The lowest BCUT2D eigenvalue weighted by Gasteiger charge is -2.18. The SMILES string of the molecule is CC/C=C\C/C=C\C/C=C\C/C=C\C/C=C\CCC(=O)OC(COC(=O)CCCCC/C=C\CCCCCCCCC)COC(=O)CCCCCCCCCCC/C=C\C/C=C\C/C=C\CC. The van der Waals surface area contributed by atoms with E-state index in [1.807, 2.05) is 12.2 Å². The highest BCUT2D eigenvalue weighted by atomic mass is 16.6. The van der Waals surface area contributed by atoms with E-state index in [-0.39, 0.29) is 31.6 Å². The zero-order chi connectivity index (χ0) is 48.6. The van der Waals surface area contributed by atoms with Crippen LogP contribution < -0.4 is 0 Å². The first-order valence-corrected chi connectivity index (χ1v) is 27.4. The van der Waals surface area contributed by atoms with Crippen molar-refractivity contribution < 1.29 is 28.6 Å². The molecule has 67 heavy (non-hydrogen) atoms. The molecule has 0 aromatic carbocycles. The van der Waals surface area contributed by atoms with Crippen LogP contribution in [0.2, 0.25) is 0 Å². The molecule has 0 N–H and O–H groups in total. The normalized spacial score (nSPS) is 12.9. The van der Waals surface area contributed by atoms with E-state index in [0.29, 0.717) is 19.3 Å². The van der Waals surface area contributed by atoms with Crippen LogP contribution in [0.5, 0.6) is 0 Å². The maximum Gasteiger partial charge on any atom is 0.306 e. The molecule has 0 saturated heterocycles. The molecule has 0 saturated carbocycles. The molecule has 6 nitrogen and oxygen atoms in total. The summed E-state index contributed by atoms with van der Waals surface area (Å²) in [5.74, 6) is -1.02. The second-order valence-electron chi connectivity index (χ2n) is 17.7. The van der Waals surface area contributed by atoms with Crippen LogP contribution in [0.1, 0.15) is 239 Å². The molecular weight excluding hydrogens is 829 g/mol. The second kappa shape index (κ2) is 54.7. The van der Waals surface area contributed by atoms with Crippen LogP contribution in [-0.2, 0) is 28.6 Å². The van der Waals surface area contributed by atoms with Gasteiger partial charge >= 0.3 is 17.9 Å². The molecule has 0 heterocycles. The summed E-state index contributed by atoms with van der Waals surface area (Å²) >= 11 is 0. The molecule has 0 amide bonds. The number of carbonyl (C=O) groups excluding carboxylic acids is 3. The zero-order valence-corrected chi connectivity index (χ0v) is 43.4. The summed E-state index contributed by atoms with van der Waals surface area (Å²) in [7, 11) is 0. The number of unbranched alkanes of at least 4 members (excludes halogenated alkanes) is 19. The molecule has 1 unspecified atom stereocenters. The smallest absolute Gasteiger partial charge is 0.306 e. The van der Waals surface area contributed by atoms with Crippen molar-refractivity contribution in [3.8, 4) is 0 Å². The minimum atomic E-state index is -0.827. The second-order valence-corrected chi connectivity index (χ2v) is 17.7. The summed E-state index contributed by atoms with van der Waals surface area (Å²) in [5, 5.41) is 0. The van der Waals surface area contributed by atoms with Gasteiger partial charge < -0.3 is 14.2 Å². The minimum Gasteiger partial charge on any atom is -0.462 e. The number of esters is 3. The standard InChI is InChI=1S/C61H100O6/c1-4-7-10-13-16-19-22-25-28-30-31-32-34-36-39-42-45-48-51-54-60(63)66-57-58(56-65-59(62)53-50-47-44-41-38-35-27-24-21-18-15-12-9-6-3)67-61(64)55-52-49-46-43-40-37-33-29-26-23-20-17-14-11-8-5-2/h7-8,10-11,16-17,19-20,25-26,28-29,35,37-38,40,46,49,58H,4-6,9,12-15,18,21-24,27,30-34,36,39,41-45,47-48,50-57H2,1-3H3/b10-7-,11-8-,19-16-,20-17-,28-25-,29-26-,38-35-,40-37-,49-46-. The van der Waals surface area contributed by atoms with Crippen molar-refractivity contribution in [1.82, 2.24) is 0 Å². The number of hydrogen-bond acceptors (Lipinski definition) is 6. The van der Waals surface area contributed by atoms with E-state index >= 15 is 0 Å². The van der Waals surface area contributed by atoms with E-state index in [9.17, 15) is 14.4 Å². The van der Waals surface area contributed by atoms with Gasteiger partial charge in [-0.2, -0.15) is 0 Å². The van der Waals surface area contributed by atoms with Crippen molar-refractivity contribution in [3.05, 3.63) is 109 Å². The molecule has 0 aliphatic carbocycles. The van der Waals surface area contributed by atoms with Crippen LogP contribution >= 0.6 is 0 Å². The Bertz CT molecular complexity index is 1390. The van der Waals surface area contributed by atoms with Gasteiger partial charge in [0.2, 0.25) is 0 Å². The topological polar surface area (TPSA) is 78.9 Å². The average Bonchev–Trinajstić information content (AvgIpc) is 3.33. The summed E-state index contributed by atoms with van der Waals surface area (Å²) in [6.07, 6.45) is 73.7. The van der Waals surface area contributed by atoms with Crippen molar-refractivity contribution in [2.45, 2.75) is 245 Å². The van der Waals surface area contributed by atoms with Crippen molar-refractivity contribution in [3.63, 3.8) is 0 Å². The number of ether oxygens (including phenoxy) is 3. The van der Waals surface area contributed by atoms with Crippen LogP contribution in [0.15, 0.2) is 109 Å². The Labute approximate surface area is 412 Å². The van der Waals surface area contributed by atoms with Gasteiger partial charge in [-0.25, -0.2) is 0 Å². The van der Waals surface area contributed by atoms with E-state index < -0.39 is 12.1 Å². The lowest BCUT2D eigenvalue weighted by atomic mass is 10.1. The van der Waals surface area contributed by atoms with Crippen molar-refractivity contribution in [2.24, 2.45) is 0 Å². The Morgan fingerprint density at radius 3 is 1.00 bits per heavy atom. The summed E-state index contributed by atoms with van der Waals surface area (Å²) in [5.41, 5.74) is 0. The number of rotatable bonds is 48. The highest BCUT2D eigenvalue weighted by molar-refractivity contribution is 5.71. The monoisotopic (exact) mass is 929 g/mol. The third-order valence-corrected chi connectivity index (χ3v) is 11.3. The lowest BCUT2D eigenvalue weighted by Crippen LogP contribution is -2.30. The first-order valence-electron chi connectivity index (χ1n) is 27.4.